The standard InChI is InChI=1S/C26H24FNO4/c27-23-16-22(13-11-18(23)12-14-24(29)30)32-17-21-9-4-8-19-10-5-15-28(25(19)21)26(31)20-6-2-1-3-7-20/h1-4,6-9,11,13,16H,5,10,12,14-15,17H2,(H,29,30). The maximum absolute atomic E-state index is 14.3. The molecule has 1 N–H and O–H groups in total. The Morgan fingerprint density at radius 1 is 1.00 bits per heavy atom. The van der Waals surface area contributed by atoms with Crippen molar-refractivity contribution >= 4 is 17.6 Å². The average molecular weight is 433 g/mol. The quantitative estimate of drug-likeness (QED) is 0.569. The number of anilines is 1. The number of halogens is 1. The number of benzene rings is 3. The topological polar surface area (TPSA) is 66.8 Å². The van der Waals surface area contributed by atoms with E-state index in [-0.39, 0.29) is 25.4 Å². The molecule has 1 amide bonds. The first-order valence-electron chi connectivity index (χ1n) is 10.6. The van der Waals surface area contributed by atoms with Crippen molar-refractivity contribution in [2.24, 2.45) is 0 Å². The number of para-hydroxylation sites is 1. The van der Waals surface area contributed by atoms with Crippen molar-refractivity contribution in [1.82, 2.24) is 0 Å². The van der Waals surface area contributed by atoms with Gasteiger partial charge in [-0.3, -0.25) is 9.59 Å². The second-order valence-corrected chi connectivity index (χ2v) is 7.79. The largest absolute Gasteiger partial charge is 0.489 e. The van der Waals surface area contributed by atoms with Crippen LogP contribution in [0.1, 0.15) is 39.9 Å². The molecule has 32 heavy (non-hydrogen) atoms. The van der Waals surface area contributed by atoms with E-state index in [0.717, 1.165) is 29.7 Å². The molecule has 3 aromatic carbocycles. The Morgan fingerprint density at radius 2 is 1.81 bits per heavy atom. The minimum atomic E-state index is -0.965. The van der Waals surface area contributed by atoms with Gasteiger partial charge in [0.25, 0.3) is 5.91 Å². The van der Waals surface area contributed by atoms with E-state index in [1.165, 1.54) is 6.07 Å². The van der Waals surface area contributed by atoms with Gasteiger partial charge in [-0.2, -0.15) is 0 Å². The zero-order valence-electron chi connectivity index (χ0n) is 17.6. The highest BCUT2D eigenvalue weighted by Crippen LogP contribution is 2.33. The molecule has 164 valence electrons. The van der Waals surface area contributed by atoms with E-state index in [4.69, 9.17) is 9.84 Å². The fraction of sp³-hybridized carbons (Fsp3) is 0.231. The molecular weight excluding hydrogens is 409 g/mol. The van der Waals surface area contributed by atoms with E-state index in [1.807, 2.05) is 53.4 Å². The molecule has 0 atom stereocenters. The molecule has 1 heterocycles. The van der Waals surface area contributed by atoms with Crippen LogP contribution < -0.4 is 9.64 Å². The van der Waals surface area contributed by atoms with Crippen molar-refractivity contribution < 1.29 is 23.8 Å². The van der Waals surface area contributed by atoms with Gasteiger partial charge in [-0.1, -0.05) is 42.5 Å². The molecule has 1 aliphatic heterocycles. The maximum Gasteiger partial charge on any atom is 0.303 e. The summed E-state index contributed by atoms with van der Waals surface area (Å²) in [5.74, 6) is -1.14. The van der Waals surface area contributed by atoms with E-state index in [9.17, 15) is 14.0 Å². The molecule has 0 aliphatic carbocycles. The summed E-state index contributed by atoms with van der Waals surface area (Å²) in [5.41, 5.74) is 3.80. The first-order chi connectivity index (χ1) is 15.5. The Hall–Kier alpha value is -3.67. The van der Waals surface area contributed by atoms with Crippen LogP contribution in [0, 0.1) is 5.82 Å². The predicted octanol–water partition coefficient (Wildman–Crippen LogP) is 5.01. The highest BCUT2D eigenvalue weighted by molar-refractivity contribution is 6.07. The molecule has 6 heteroatoms. The van der Waals surface area contributed by atoms with Crippen LogP contribution in [0.3, 0.4) is 0 Å². The number of carboxylic acids is 1. The summed E-state index contributed by atoms with van der Waals surface area (Å²) in [5, 5.41) is 8.79. The Balaban J connectivity index is 1.54. The van der Waals surface area contributed by atoms with Crippen LogP contribution in [-0.4, -0.2) is 23.5 Å². The van der Waals surface area contributed by atoms with Gasteiger partial charge in [0.15, 0.2) is 0 Å². The van der Waals surface area contributed by atoms with Crippen LogP contribution in [0.4, 0.5) is 10.1 Å². The number of aryl methyl sites for hydroxylation is 2. The summed E-state index contributed by atoms with van der Waals surface area (Å²) >= 11 is 0. The summed E-state index contributed by atoms with van der Waals surface area (Å²) < 4.78 is 20.2. The minimum absolute atomic E-state index is 0.0483. The Bertz CT molecular complexity index is 1130. The van der Waals surface area contributed by atoms with Crippen LogP contribution in [0.25, 0.3) is 0 Å². The van der Waals surface area contributed by atoms with Gasteiger partial charge in [-0.15, -0.1) is 0 Å². The zero-order chi connectivity index (χ0) is 22.5. The third-order valence-electron chi connectivity index (χ3n) is 5.59. The van der Waals surface area contributed by atoms with Crippen LogP contribution in [0.5, 0.6) is 5.75 Å². The Kier molecular flexibility index (Phi) is 6.50. The second kappa shape index (κ2) is 9.64. The predicted molar refractivity (Wildman–Crippen MR) is 120 cm³/mol. The number of aliphatic carboxylic acids is 1. The van der Waals surface area contributed by atoms with Gasteiger partial charge in [0.05, 0.1) is 5.69 Å². The summed E-state index contributed by atoms with van der Waals surface area (Å²) in [6, 6.07) is 19.6. The maximum atomic E-state index is 14.3. The summed E-state index contributed by atoms with van der Waals surface area (Å²) in [7, 11) is 0. The molecule has 4 rings (SSSR count). The van der Waals surface area contributed by atoms with Gasteiger partial charge in [0, 0.05) is 30.2 Å². The number of ether oxygens (including phenoxy) is 1. The monoisotopic (exact) mass is 433 g/mol. The molecule has 0 saturated carbocycles. The lowest BCUT2D eigenvalue weighted by Crippen LogP contribution is -2.36. The van der Waals surface area contributed by atoms with Crippen LogP contribution >= 0.6 is 0 Å². The highest BCUT2D eigenvalue weighted by Gasteiger charge is 2.26. The molecule has 3 aromatic rings. The SMILES string of the molecule is O=C(O)CCc1ccc(OCc2cccc3c2N(C(=O)c2ccccc2)CCC3)cc1F. The van der Waals surface area contributed by atoms with Crippen molar-refractivity contribution in [3.63, 3.8) is 0 Å². The van der Waals surface area contributed by atoms with E-state index in [1.54, 1.807) is 12.1 Å². The average Bonchev–Trinajstić information content (AvgIpc) is 2.81. The van der Waals surface area contributed by atoms with Gasteiger partial charge in [0.2, 0.25) is 0 Å². The molecular formula is C26H24FNO4. The number of hydrogen-bond acceptors (Lipinski definition) is 3. The number of nitrogens with zero attached hydrogens (tertiary/aromatic N) is 1. The van der Waals surface area contributed by atoms with E-state index < -0.39 is 11.8 Å². The highest BCUT2D eigenvalue weighted by atomic mass is 19.1. The molecule has 0 fully saturated rings. The summed E-state index contributed by atoms with van der Waals surface area (Å²) in [4.78, 5) is 25.7. The summed E-state index contributed by atoms with van der Waals surface area (Å²) in [6.07, 6.45) is 1.77. The van der Waals surface area contributed by atoms with Gasteiger partial charge >= 0.3 is 5.97 Å². The third-order valence-corrected chi connectivity index (χ3v) is 5.59. The minimum Gasteiger partial charge on any atom is -0.489 e. The molecule has 0 aromatic heterocycles. The number of carbonyl (C=O) groups is 2. The lowest BCUT2D eigenvalue weighted by molar-refractivity contribution is -0.136. The fourth-order valence-corrected chi connectivity index (χ4v) is 4.01. The van der Waals surface area contributed by atoms with E-state index in [0.29, 0.717) is 23.4 Å². The number of carboxylic acid groups (broad SMARTS) is 1. The first-order valence-corrected chi connectivity index (χ1v) is 10.6. The normalized spacial score (nSPS) is 12.8. The van der Waals surface area contributed by atoms with Gasteiger partial charge in [0.1, 0.15) is 18.2 Å². The van der Waals surface area contributed by atoms with E-state index in [2.05, 4.69) is 0 Å². The summed E-state index contributed by atoms with van der Waals surface area (Å²) in [6.45, 7) is 0.820. The van der Waals surface area contributed by atoms with Crippen molar-refractivity contribution in [1.29, 1.82) is 0 Å². The molecule has 0 saturated heterocycles. The number of amides is 1. The molecule has 1 aliphatic rings. The van der Waals surface area contributed by atoms with Crippen LogP contribution in [-0.2, 0) is 24.2 Å². The molecule has 0 unspecified atom stereocenters. The first kappa shape index (κ1) is 21.6. The smallest absolute Gasteiger partial charge is 0.303 e. The van der Waals surface area contributed by atoms with Crippen molar-refractivity contribution in [2.45, 2.75) is 32.3 Å². The lowest BCUT2D eigenvalue weighted by atomic mass is 9.97. The van der Waals surface area contributed by atoms with Gasteiger partial charge in [-0.25, -0.2) is 4.39 Å². The number of carbonyl (C=O) groups excluding carboxylic acids is 1. The third kappa shape index (κ3) is 4.80. The van der Waals surface area contributed by atoms with Crippen LogP contribution in [0.2, 0.25) is 0 Å². The molecule has 0 radical (unpaired) electrons. The van der Waals surface area contributed by atoms with Crippen molar-refractivity contribution in [2.75, 3.05) is 11.4 Å². The Morgan fingerprint density at radius 3 is 2.56 bits per heavy atom. The molecule has 0 spiro atoms. The van der Waals surface area contributed by atoms with Gasteiger partial charge in [-0.05, 0) is 48.6 Å². The molecule has 0 bridgehead atoms. The fourth-order valence-electron chi connectivity index (χ4n) is 4.01. The van der Waals surface area contributed by atoms with Crippen molar-refractivity contribution in [3.05, 3.63) is 94.8 Å². The zero-order valence-corrected chi connectivity index (χ0v) is 17.6. The van der Waals surface area contributed by atoms with Crippen LogP contribution in [0.15, 0.2) is 66.7 Å². The number of hydrogen-bond donors (Lipinski definition) is 1. The second-order valence-electron chi connectivity index (χ2n) is 7.79. The Labute approximate surface area is 186 Å². The van der Waals surface area contributed by atoms with E-state index >= 15 is 0 Å². The van der Waals surface area contributed by atoms with Gasteiger partial charge < -0.3 is 14.7 Å². The lowest BCUT2D eigenvalue weighted by Gasteiger charge is -2.31. The van der Waals surface area contributed by atoms with Crippen molar-refractivity contribution in [3.8, 4) is 5.75 Å². The molecule has 5 nitrogen and oxygen atoms in total. The number of rotatable bonds is 7. The number of fused-ring (bicyclic) bond motifs is 1.